The summed E-state index contributed by atoms with van der Waals surface area (Å²) in [6.45, 7) is 5.85. The molecule has 2 atom stereocenters. The quantitative estimate of drug-likeness (QED) is 0.741. The summed E-state index contributed by atoms with van der Waals surface area (Å²) in [6, 6.07) is 0. The maximum atomic E-state index is 5.75. The Balaban J connectivity index is 2.16. The van der Waals surface area contributed by atoms with Crippen LogP contribution in [-0.2, 0) is 10.6 Å². The van der Waals surface area contributed by atoms with Crippen LogP contribution in [-0.4, -0.2) is 35.3 Å². The third-order valence-electron chi connectivity index (χ3n) is 2.55. The largest absolute Gasteiger partial charge is 0.372 e. The lowest BCUT2D eigenvalue weighted by molar-refractivity contribution is -0.00548. The van der Waals surface area contributed by atoms with Crippen molar-refractivity contribution in [3.05, 3.63) is 18.1 Å². The van der Waals surface area contributed by atoms with E-state index in [0.717, 1.165) is 24.6 Å². The molecule has 1 aliphatic heterocycles. The SMILES string of the molecule is CC1CN(c2cncc(CCl)n2)CC(C)O1. The topological polar surface area (TPSA) is 38.2 Å². The summed E-state index contributed by atoms with van der Waals surface area (Å²) in [6.07, 6.45) is 3.93. The van der Waals surface area contributed by atoms with Crippen LogP contribution in [0.1, 0.15) is 19.5 Å². The average molecular weight is 242 g/mol. The van der Waals surface area contributed by atoms with Gasteiger partial charge in [0.15, 0.2) is 0 Å². The molecule has 2 rings (SSSR count). The number of halogens is 1. The van der Waals surface area contributed by atoms with Gasteiger partial charge >= 0.3 is 0 Å². The Hall–Kier alpha value is -0.870. The van der Waals surface area contributed by atoms with Gasteiger partial charge in [-0.05, 0) is 13.8 Å². The maximum absolute atomic E-state index is 5.75. The first-order valence-electron chi connectivity index (χ1n) is 5.46. The number of hydrogen-bond acceptors (Lipinski definition) is 4. The standard InChI is InChI=1S/C11H16ClN3O/c1-8-6-15(7-9(2)16-8)11-5-13-4-10(3-12)14-11/h4-5,8-9H,3,6-7H2,1-2H3. The van der Waals surface area contributed by atoms with E-state index in [2.05, 4.69) is 28.7 Å². The number of alkyl halides is 1. The summed E-state index contributed by atoms with van der Waals surface area (Å²) >= 11 is 5.75. The normalized spacial score (nSPS) is 25.8. The van der Waals surface area contributed by atoms with E-state index in [9.17, 15) is 0 Å². The highest BCUT2D eigenvalue weighted by Gasteiger charge is 2.23. The van der Waals surface area contributed by atoms with E-state index in [4.69, 9.17) is 16.3 Å². The summed E-state index contributed by atoms with van der Waals surface area (Å²) in [5.74, 6) is 1.29. The molecule has 88 valence electrons. The van der Waals surface area contributed by atoms with Gasteiger partial charge in [-0.2, -0.15) is 0 Å². The van der Waals surface area contributed by atoms with Crippen molar-refractivity contribution in [2.75, 3.05) is 18.0 Å². The van der Waals surface area contributed by atoms with Gasteiger partial charge < -0.3 is 9.64 Å². The fourth-order valence-corrected chi connectivity index (χ4v) is 2.11. The minimum absolute atomic E-state index is 0.227. The predicted octanol–water partition coefficient (Wildman–Crippen LogP) is 1.83. The summed E-state index contributed by atoms with van der Waals surface area (Å²) in [7, 11) is 0. The molecule has 0 saturated carbocycles. The first-order valence-corrected chi connectivity index (χ1v) is 5.99. The zero-order valence-electron chi connectivity index (χ0n) is 9.56. The van der Waals surface area contributed by atoms with E-state index in [1.807, 2.05) is 0 Å². The Morgan fingerprint density at radius 3 is 2.69 bits per heavy atom. The van der Waals surface area contributed by atoms with E-state index < -0.39 is 0 Å². The molecule has 4 nitrogen and oxygen atoms in total. The van der Waals surface area contributed by atoms with Crippen LogP contribution in [0.2, 0.25) is 0 Å². The van der Waals surface area contributed by atoms with Crippen LogP contribution in [0.25, 0.3) is 0 Å². The van der Waals surface area contributed by atoms with Gasteiger partial charge in [0.1, 0.15) is 5.82 Å². The van der Waals surface area contributed by atoms with Crippen LogP contribution in [0.3, 0.4) is 0 Å². The number of hydrogen-bond donors (Lipinski definition) is 0. The molecule has 1 saturated heterocycles. The highest BCUT2D eigenvalue weighted by molar-refractivity contribution is 6.16. The average Bonchev–Trinajstić information content (AvgIpc) is 2.28. The molecule has 0 N–H and O–H groups in total. The van der Waals surface area contributed by atoms with E-state index in [1.165, 1.54) is 0 Å². The van der Waals surface area contributed by atoms with Crippen molar-refractivity contribution < 1.29 is 4.74 Å². The lowest BCUT2D eigenvalue weighted by atomic mass is 10.2. The lowest BCUT2D eigenvalue weighted by Gasteiger charge is -2.35. The van der Waals surface area contributed by atoms with E-state index in [1.54, 1.807) is 12.4 Å². The third kappa shape index (κ3) is 2.62. The fourth-order valence-electron chi connectivity index (χ4n) is 1.98. The number of ether oxygens (including phenoxy) is 1. The fraction of sp³-hybridized carbons (Fsp3) is 0.636. The Morgan fingerprint density at radius 1 is 1.38 bits per heavy atom. The number of anilines is 1. The molecule has 1 fully saturated rings. The molecule has 1 aromatic rings. The number of morpholine rings is 1. The predicted molar refractivity (Wildman–Crippen MR) is 63.8 cm³/mol. The van der Waals surface area contributed by atoms with Crippen LogP contribution in [0.4, 0.5) is 5.82 Å². The molecule has 0 spiro atoms. The Labute approximate surface area is 101 Å². The zero-order valence-corrected chi connectivity index (χ0v) is 10.3. The second-order valence-corrected chi connectivity index (χ2v) is 4.43. The van der Waals surface area contributed by atoms with E-state index >= 15 is 0 Å². The molecule has 5 heteroatoms. The van der Waals surface area contributed by atoms with Crippen molar-refractivity contribution in [3.8, 4) is 0 Å². The van der Waals surface area contributed by atoms with Crippen molar-refractivity contribution in [1.29, 1.82) is 0 Å². The maximum Gasteiger partial charge on any atom is 0.147 e. The molecule has 0 aromatic carbocycles. The second kappa shape index (κ2) is 4.97. The van der Waals surface area contributed by atoms with Gasteiger partial charge in [0.05, 0.1) is 30.0 Å². The van der Waals surface area contributed by atoms with Crippen molar-refractivity contribution in [1.82, 2.24) is 9.97 Å². The second-order valence-electron chi connectivity index (χ2n) is 4.16. The minimum Gasteiger partial charge on any atom is -0.372 e. The van der Waals surface area contributed by atoms with Crippen molar-refractivity contribution in [2.45, 2.75) is 31.9 Å². The Kier molecular flexibility index (Phi) is 3.61. The molecule has 2 heterocycles. The molecule has 1 aromatic heterocycles. The van der Waals surface area contributed by atoms with Crippen molar-refractivity contribution in [3.63, 3.8) is 0 Å². The van der Waals surface area contributed by atoms with Gasteiger partial charge in [0.2, 0.25) is 0 Å². The Morgan fingerprint density at radius 2 is 2.06 bits per heavy atom. The Bertz CT molecular complexity index is 351. The van der Waals surface area contributed by atoms with Gasteiger partial charge in [-0.25, -0.2) is 4.98 Å². The first-order chi connectivity index (χ1) is 7.69. The molecular formula is C11H16ClN3O. The molecule has 16 heavy (non-hydrogen) atoms. The number of aromatic nitrogens is 2. The van der Waals surface area contributed by atoms with Crippen LogP contribution >= 0.6 is 11.6 Å². The van der Waals surface area contributed by atoms with Crippen molar-refractivity contribution in [2.24, 2.45) is 0 Å². The van der Waals surface area contributed by atoms with Crippen LogP contribution in [0.15, 0.2) is 12.4 Å². The molecular weight excluding hydrogens is 226 g/mol. The summed E-state index contributed by atoms with van der Waals surface area (Å²) < 4.78 is 5.68. The zero-order chi connectivity index (χ0) is 11.5. The van der Waals surface area contributed by atoms with Crippen LogP contribution < -0.4 is 4.90 Å². The lowest BCUT2D eigenvalue weighted by Crippen LogP contribution is -2.45. The summed E-state index contributed by atoms with van der Waals surface area (Å²) in [4.78, 5) is 10.8. The highest BCUT2D eigenvalue weighted by atomic mass is 35.5. The summed E-state index contributed by atoms with van der Waals surface area (Å²) in [5.41, 5.74) is 0.811. The van der Waals surface area contributed by atoms with E-state index in [0.29, 0.717) is 5.88 Å². The molecule has 2 unspecified atom stereocenters. The van der Waals surface area contributed by atoms with Gasteiger partial charge in [0.25, 0.3) is 0 Å². The molecule has 1 aliphatic rings. The van der Waals surface area contributed by atoms with Gasteiger partial charge in [-0.3, -0.25) is 4.98 Å². The minimum atomic E-state index is 0.227. The third-order valence-corrected chi connectivity index (χ3v) is 2.83. The monoisotopic (exact) mass is 241 g/mol. The number of nitrogens with zero attached hydrogens (tertiary/aromatic N) is 3. The van der Waals surface area contributed by atoms with Gasteiger partial charge in [0, 0.05) is 19.3 Å². The molecule has 0 bridgehead atoms. The van der Waals surface area contributed by atoms with Crippen LogP contribution in [0.5, 0.6) is 0 Å². The van der Waals surface area contributed by atoms with E-state index in [-0.39, 0.29) is 12.2 Å². The smallest absolute Gasteiger partial charge is 0.147 e. The molecule has 0 amide bonds. The van der Waals surface area contributed by atoms with Gasteiger partial charge in [-0.15, -0.1) is 11.6 Å². The van der Waals surface area contributed by atoms with Gasteiger partial charge in [-0.1, -0.05) is 0 Å². The molecule has 0 radical (unpaired) electrons. The highest BCUT2D eigenvalue weighted by Crippen LogP contribution is 2.17. The number of rotatable bonds is 2. The summed E-state index contributed by atoms with van der Waals surface area (Å²) in [5, 5.41) is 0. The van der Waals surface area contributed by atoms with Crippen molar-refractivity contribution >= 4 is 17.4 Å². The van der Waals surface area contributed by atoms with Crippen LogP contribution in [0, 0.1) is 0 Å². The molecule has 0 aliphatic carbocycles. The first kappa shape index (κ1) is 11.6.